The lowest BCUT2D eigenvalue weighted by Gasteiger charge is -2.18. The van der Waals surface area contributed by atoms with E-state index in [0.29, 0.717) is 19.3 Å². The summed E-state index contributed by atoms with van der Waals surface area (Å²) in [7, 11) is 0. The molecule has 0 saturated heterocycles. The van der Waals surface area contributed by atoms with Crippen LogP contribution >= 0.6 is 0 Å². The molecular formula is C66H116O6. The Bertz CT molecular complexity index is 1340. The first kappa shape index (κ1) is 68.8. The van der Waals surface area contributed by atoms with Crippen molar-refractivity contribution in [2.75, 3.05) is 13.2 Å². The molecule has 0 radical (unpaired) electrons. The van der Waals surface area contributed by atoms with Gasteiger partial charge >= 0.3 is 17.9 Å². The van der Waals surface area contributed by atoms with Crippen molar-refractivity contribution in [3.8, 4) is 0 Å². The Labute approximate surface area is 446 Å². The van der Waals surface area contributed by atoms with Crippen molar-refractivity contribution in [3.63, 3.8) is 0 Å². The molecule has 0 rings (SSSR count). The van der Waals surface area contributed by atoms with Crippen molar-refractivity contribution in [2.45, 2.75) is 316 Å². The second-order valence-corrected chi connectivity index (χ2v) is 20.6. The molecule has 0 aromatic carbocycles. The van der Waals surface area contributed by atoms with Gasteiger partial charge in [0.05, 0.1) is 0 Å². The first-order chi connectivity index (χ1) is 35.5. The lowest BCUT2D eigenvalue weighted by molar-refractivity contribution is -0.167. The normalized spacial score (nSPS) is 12.5. The number of unbranched alkanes of at least 4 members (excludes halogenated alkanes) is 33. The number of hydrogen-bond acceptors (Lipinski definition) is 6. The van der Waals surface area contributed by atoms with E-state index in [1.807, 2.05) is 0 Å². The van der Waals surface area contributed by atoms with Crippen LogP contribution in [0.15, 0.2) is 72.9 Å². The zero-order chi connectivity index (χ0) is 52.2. The molecule has 0 fully saturated rings. The highest BCUT2D eigenvalue weighted by atomic mass is 16.6. The molecule has 0 aromatic heterocycles. The average Bonchev–Trinajstić information content (AvgIpc) is 3.38. The summed E-state index contributed by atoms with van der Waals surface area (Å²) in [5, 5.41) is 0. The molecule has 0 spiro atoms. The van der Waals surface area contributed by atoms with E-state index in [9.17, 15) is 14.4 Å². The van der Waals surface area contributed by atoms with Gasteiger partial charge in [-0.2, -0.15) is 0 Å². The van der Waals surface area contributed by atoms with Crippen LogP contribution in [0.25, 0.3) is 0 Å². The fraction of sp³-hybridized carbons (Fsp3) is 0.773. The lowest BCUT2D eigenvalue weighted by atomic mass is 10.0. The van der Waals surface area contributed by atoms with Gasteiger partial charge in [0.2, 0.25) is 0 Å². The van der Waals surface area contributed by atoms with E-state index in [1.54, 1.807) is 0 Å². The monoisotopic (exact) mass is 1000 g/mol. The molecule has 0 aliphatic rings. The minimum atomic E-state index is -0.802. The summed E-state index contributed by atoms with van der Waals surface area (Å²) in [6, 6.07) is 0. The molecule has 0 bridgehead atoms. The summed E-state index contributed by atoms with van der Waals surface area (Å²) in [5.74, 6) is -0.938. The van der Waals surface area contributed by atoms with E-state index in [-0.39, 0.29) is 37.5 Å². The second-order valence-electron chi connectivity index (χ2n) is 20.6. The third kappa shape index (κ3) is 57.7. The van der Waals surface area contributed by atoms with Crippen LogP contribution in [0.2, 0.25) is 0 Å². The molecule has 72 heavy (non-hydrogen) atoms. The quantitative estimate of drug-likeness (QED) is 0.0261. The molecular weight excluding hydrogens is 889 g/mol. The summed E-state index contributed by atoms with van der Waals surface area (Å²) in [5.41, 5.74) is 0. The Morgan fingerprint density at radius 1 is 0.292 bits per heavy atom. The predicted octanol–water partition coefficient (Wildman–Crippen LogP) is 20.9. The first-order valence-electron chi connectivity index (χ1n) is 30.9. The summed E-state index contributed by atoms with van der Waals surface area (Å²) in [6.45, 7) is 6.49. The van der Waals surface area contributed by atoms with E-state index in [4.69, 9.17) is 14.2 Å². The van der Waals surface area contributed by atoms with Gasteiger partial charge in [0.25, 0.3) is 0 Å². The van der Waals surface area contributed by atoms with Crippen molar-refractivity contribution in [2.24, 2.45) is 0 Å². The minimum Gasteiger partial charge on any atom is -0.462 e. The third-order valence-electron chi connectivity index (χ3n) is 13.4. The van der Waals surface area contributed by atoms with Crippen LogP contribution in [-0.2, 0) is 28.6 Å². The molecule has 0 N–H and O–H groups in total. The summed E-state index contributed by atoms with van der Waals surface area (Å²) < 4.78 is 16.9. The Kier molecular flexibility index (Phi) is 57.8. The largest absolute Gasteiger partial charge is 0.462 e. The number of ether oxygens (including phenoxy) is 3. The number of hydrogen-bond donors (Lipinski definition) is 0. The third-order valence-corrected chi connectivity index (χ3v) is 13.4. The second kappa shape index (κ2) is 60.4. The standard InChI is InChI=1S/C66H116O6/c1-4-7-10-13-16-19-22-25-28-29-30-31-32-33-34-35-36-39-41-44-47-50-53-56-59-65(68)71-62-63(72-66(69)60-57-54-51-48-45-42-38-27-24-21-18-15-12-9-6-3)61-70-64(67)58-55-52-49-46-43-40-37-26-23-20-17-14-11-8-5-2/h9,12,17-18,20-21,26-27,37-38,45,48,63H,4-8,10-11,13-16,19,22-25,28-36,39-44,46-47,49-62H2,1-3H3/b12-9-,20-17-,21-18-,37-26-,38-27-,48-45-. The molecule has 0 aromatic rings. The highest BCUT2D eigenvalue weighted by Crippen LogP contribution is 2.17. The SMILES string of the molecule is CC/C=C\C/C=C\C/C=C\C/C=C\CCCCC(=O)OC(COC(=O)CCCCCCC/C=C\C/C=C\CCCCC)COC(=O)CCCCCCCCCCCCCCCCCCCCCCCCCC. The minimum absolute atomic E-state index is 0.0943. The maximum absolute atomic E-state index is 12.8. The number of allylic oxidation sites excluding steroid dienone is 12. The van der Waals surface area contributed by atoms with Gasteiger partial charge in [-0.25, -0.2) is 0 Å². The van der Waals surface area contributed by atoms with Gasteiger partial charge in [0, 0.05) is 19.3 Å². The Morgan fingerprint density at radius 2 is 0.542 bits per heavy atom. The average molecular weight is 1010 g/mol. The molecule has 1 atom stereocenters. The van der Waals surface area contributed by atoms with E-state index < -0.39 is 6.10 Å². The molecule has 0 saturated carbocycles. The van der Waals surface area contributed by atoms with Gasteiger partial charge < -0.3 is 14.2 Å². The van der Waals surface area contributed by atoms with Crippen LogP contribution < -0.4 is 0 Å². The fourth-order valence-corrected chi connectivity index (χ4v) is 8.82. The molecule has 1 unspecified atom stereocenters. The van der Waals surface area contributed by atoms with Crippen molar-refractivity contribution in [3.05, 3.63) is 72.9 Å². The molecule has 0 aliphatic heterocycles. The van der Waals surface area contributed by atoms with Crippen molar-refractivity contribution >= 4 is 17.9 Å². The Morgan fingerprint density at radius 3 is 0.903 bits per heavy atom. The van der Waals surface area contributed by atoms with E-state index in [2.05, 4.69) is 93.7 Å². The van der Waals surface area contributed by atoms with Gasteiger partial charge in [-0.3, -0.25) is 14.4 Å². The number of rotatable bonds is 56. The van der Waals surface area contributed by atoms with Crippen LogP contribution in [-0.4, -0.2) is 37.2 Å². The Hall–Kier alpha value is -3.15. The number of carbonyl (C=O) groups excluding carboxylic acids is 3. The fourth-order valence-electron chi connectivity index (χ4n) is 8.82. The van der Waals surface area contributed by atoms with Crippen LogP contribution in [0.4, 0.5) is 0 Å². The molecule has 6 heteroatoms. The van der Waals surface area contributed by atoms with Crippen molar-refractivity contribution in [1.82, 2.24) is 0 Å². The summed E-state index contributed by atoms with van der Waals surface area (Å²) in [4.78, 5) is 38.2. The van der Waals surface area contributed by atoms with Crippen LogP contribution in [0.5, 0.6) is 0 Å². The molecule has 6 nitrogen and oxygen atoms in total. The van der Waals surface area contributed by atoms with Gasteiger partial charge in [-0.05, 0) is 89.9 Å². The van der Waals surface area contributed by atoms with Crippen molar-refractivity contribution < 1.29 is 28.6 Å². The van der Waals surface area contributed by atoms with Gasteiger partial charge in [0.15, 0.2) is 6.10 Å². The van der Waals surface area contributed by atoms with E-state index in [1.165, 1.54) is 161 Å². The van der Waals surface area contributed by atoms with E-state index in [0.717, 1.165) is 103 Å². The Balaban J connectivity index is 4.32. The number of carbonyl (C=O) groups is 3. The maximum Gasteiger partial charge on any atom is 0.306 e. The highest BCUT2D eigenvalue weighted by Gasteiger charge is 2.19. The van der Waals surface area contributed by atoms with Gasteiger partial charge in [-0.15, -0.1) is 0 Å². The van der Waals surface area contributed by atoms with Crippen molar-refractivity contribution in [1.29, 1.82) is 0 Å². The van der Waals surface area contributed by atoms with Gasteiger partial charge in [-0.1, -0.05) is 273 Å². The molecule has 0 amide bonds. The lowest BCUT2D eigenvalue weighted by Crippen LogP contribution is -2.30. The first-order valence-corrected chi connectivity index (χ1v) is 30.9. The highest BCUT2D eigenvalue weighted by molar-refractivity contribution is 5.71. The molecule has 0 heterocycles. The van der Waals surface area contributed by atoms with E-state index >= 15 is 0 Å². The topological polar surface area (TPSA) is 78.9 Å². The smallest absolute Gasteiger partial charge is 0.306 e. The number of esters is 3. The van der Waals surface area contributed by atoms with Crippen LogP contribution in [0, 0.1) is 0 Å². The van der Waals surface area contributed by atoms with Crippen LogP contribution in [0.1, 0.15) is 310 Å². The zero-order valence-electron chi connectivity index (χ0n) is 47.7. The maximum atomic E-state index is 12.8. The zero-order valence-corrected chi connectivity index (χ0v) is 47.7. The van der Waals surface area contributed by atoms with Crippen LogP contribution in [0.3, 0.4) is 0 Å². The predicted molar refractivity (Wildman–Crippen MR) is 311 cm³/mol. The molecule has 0 aliphatic carbocycles. The summed E-state index contributed by atoms with van der Waals surface area (Å²) in [6.07, 6.45) is 77.7. The summed E-state index contributed by atoms with van der Waals surface area (Å²) >= 11 is 0. The molecule has 416 valence electrons. The van der Waals surface area contributed by atoms with Gasteiger partial charge in [0.1, 0.15) is 13.2 Å².